The Bertz CT molecular complexity index is 948. The van der Waals surface area contributed by atoms with Gasteiger partial charge < -0.3 is 15.0 Å². The van der Waals surface area contributed by atoms with Crippen molar-refractivity contribution in [3.05, 3.63) is 58.5 Å². The molecule has 3 aliphatic heterocycles. The van der Waals surface area contributed by atoms with E-state index in [9.17, 15) is 22.8 Å². The second-order valence-corrected chi connectivity index (χ2v) is 7.39. The average molecular weight is 407 g/mol. The van der Waals surface area contributed by atoms with Gasteiger partial charge in [0.05, 0.1) is 5.56 Å². The number of carbonyl (C=O) groups excluding carboxylic acids is 1. The number of piperidine rings is 3. The van der Waals surface area contributed by atoms with E-state index in [0.29, 0.717) is 17.2 Å². The lowest BCUT2D eigenvalue weighted by atomic mass is 9.84. The molecule has 2 aromatic rings. The van der Waals surface area contributed by atoms with E-state index in [2.05, 4.69) is 15.0 Å². The minimum atomic E-state index is -4.79. The number of nitrogens with zero attached hydrogens (tertiary/aromatic N) is 2. The Hall–Kier alpha value is -2.81. The van der Waals surface area contributed by atoms with E-state index in [0.717, 1.165) is 44.6 Å². The van der Waals surface area contributed by atoms with Gasteiger partial charge in [-0.15, -0.1) is 13.2 Å². The van der Waals surface area contributed by atoms with Gasteiger partial charge >= 0.3 is 6.36 Å². The van der Waals surface area contributed by atoms with Crippen molar-refractivity contribution in [3.8, 4) is 11.4 Å². The Labute approximate surface area is 164 Å². The fourth-order valence-electron chi connectivity index (χ4n) is 4.01. The number of carbonyl (C=O) groups is 1. The van der Waals surface area contributed by atoms with Gasteiger partial charge in [-0.1, -0.05) is 0 Å². The topological polar surface area (TPSA) is 63.6 Å². The zero-order valence-electron chi connectivity index (χ0n) is 15.5. The summed E-state index contributed by atoms with van der Waals surface area (Å²) < 4.78 is 41.9. The van der Waals surface area contributed by atoms with Gasteiger partial charge in [0.25, 0.3) is 11.5 Å². The number of benzene rings is 1. The molecule has 6 nitrogen and oxygen atoms in total. The van der Waals surface area contributed by atoms with Gasteiger partial charge in [-0.25, -0.2) is 0 Å². The highest BCUT2D eigenvalue weighted by Crippen LogP contribution is 2.28. The minimum Gasteiger partial charge on any atom is -0.406 e. The molecule has 2 bridgehead atoms. The van der Waals surface area contributed by atoms with E-state index < -0.39 is 11.9 Å². The van der Waals surface area contributed by atoms with Crippen molar-refractivity contribution >= 4 is 5.91 Å². The van der Waals surface area contributed by atoms with Crippen LogP contribution in [0.1, 0.15) is 23.2 Å². The molecule has 29 heavy (non-hydrogen) atoms. The van der Waals surface area contributed by atoms with Crippen LogP contribution in [0.3, 0.4) is 0 Å². The Morgan fingerprint density at radius 1 is 1.07 bits per heavy atom. The van der Waals surface area contributed by atoms with Crippen LogP contribution in [-0.4, -0.2) is 47.4 Å². The molecule has 1 atom stereocenters. The molecule has 0 radical (unpaired) electrons. The van der Waals surface area contributed by atoms with Gasteiger partial charge in [0, 0.05) is 30.5 Å². The summed E-state index contributed by atoms with van der Waals surface area (Å²) in [6, 6.07) is 7.71. The smallest absolute Gasteiger partial charge is 0.406 e. The standard InChI is InChI=1S/C20H20F3N3O3/c21-20(22,23)29-16-4-2-15(3-5-16)26-11-14(1-6-18(26)27)19(28)24-17-12-25-9-7-13(17)8-10-25/h1-6,11,13,17H,7-10,12H2,(H,24,28). The first kappa shape index (κ1) is 19.5. The molecule has 154 valence electrons. The van der Waals surface area contributed by atoms with Gasteiger partial charge in [0.1, 0.15) is 5.75 Å². The third kappa shape index (κ3) is 4.45. The van der Waals surface area contributed by atoms with E-state index in [1.807, 2.05) is 0 Å². The fraction of sp³-hybridized carbons (Fsp3) is 0.400. The SMILES string of the molecule is O=C(NC1CN2CCC1CC2)c1ccc(=O)n(-c2ccc(OC(F)(F)F)cc2)c1. The highest BCUT2D eigenvalue weighted by atomic mass is 19.4. The Kier molecular flexibility index (Phi) is 5.08. The van der Waals surface area contributed by atoms with Crippen LogP contribution in [0.5, 0.6) is 5.75 Å². The van der Waals surface area contributed by atoms with Crippen LogP contribution in [-0.2, 0) is 0 Å². The molecular formula is C20H20F3N3O3. The summed E-state index contributed by atoms with van der Waals surface area (Å²) in [7, 11) is 0. The first-order valence-electron chi connectivity index (χ1n) is 9.41. The highest BCUT2D eigenvalue weighted by Gasteiger charge is 2.35. The minimum absolute atomic E-state index is 0.0872. The number of hydrogen-bond donors (Lipinski definition) is 1. The van der Waals surface area contributed by atoms with Crippen molar-refractivity contribution in [3.63, 3.8) is 0 Å². The van der Waals surface area contributed by atoms with E-state index >= 15 is 0 Å². The number of alkyl halides is 3. The van der Waals surface area contributed by atoms with Crippen molar-refractivity contribution in [2.45, 2.75) is 25.2 Å². The number of rotatable bonds is 4. The molecule has 0 spiro atoms. The predicted molar refractivity (Wildman–Crippen MR) is 99.1 cm³/mol. The van der Waals surface area contributed by atoms with Crippen LogP contribution in [0.4, 0.5) is 13.2 Å². The van der Waals surface area contributed by atoms with Crippen molar-refractivity contribution in [1.82, 2.24) is 14.8 Å². The van der Waals surface area contributed by atoms with E-state index in [1.165, 1.54) is 35.0 Å². The van der Waals surface area contributed by atoms with Crippen molar-refractivity contribution in [2.24, 2.45) is 5.92 Å². The number of fused-ring (bicyclic) bond motifs is 3. The zero-order chi connectivity index (χ0) is 20.6. The molecule has 3 aliphatic rings. The predicted octanol–water partition coefficient (Wildman–Crippen LogP) is 2.56. The number of nitrogens with one attached hydrogen (secondary N) is 1. The molecule has 4 heterocycles. The van der Waals surface area contributed by atoms with Gasteiger partial charge in [-0.2, -0.15) is 0 Å². The maximum atomic E-state index is 12.7. The largest absolute Gasteiger partial charge is 0.573 e. The number of halogens is 3. The third-order valence-electron chi connectivity index (χ3n) is 5.49. The first-order chi connectivity index (χ1) is 13.8. The third-order valence-corrected chi connectivity index (χ3v) is 5.49. The molecule has 1 aromatic carbocycles. The number of hydrogen-bond acceptors (Lipinski definition) is 4. The summed E-state index contributed by atoms with van der Waals surface area (Å²) >= 11 is 0. The van der Waals surface area contributed by atoms with Gasteiger partial charge in [-0.05, 0) is 62.2 Å². The lowest BCUT2D eigenvalue weighted by Gasteiger charge is -2.44. The monoisotopic (exact) mass is 407 g/mol. The van der Waals surface area contributed by atoms with Crippen LogP contribution >= 0.6 is 0 Å². The van der Waals surface area contributed by atoms with Crippen LogP contribution in [0.15, 0.2) is 47.4 Å². The lowest BCUT2D eigenvalue weighted by molar-refractivity contribution is -0.274. The Morgan fingerprint density at radius 2 is 1.76 bits per heavy atom. The Balaban J connectivity index is 1.51. The van der Waals surface area contributed by atoms with E-state index in [4.69, 9.17) is 0 Å². The van der Waals surface area contributed by atoms with E-state index in [1.54, 1.807) is 0 Å². The maximum Gasteiger partial charge on any atom is 0.573 e. The Morgan fingerprint density at radius 3 is 2.34 bits per heavy atom. The molecule has 1 amide bonds. The molecular weight excluding hydrogens is 387 g/mol. The summed E-state index contributed by atoms with van der Waals surface area (Å²) in [6.07, 6.45) is -1.25. The second kappa shape index (κ2) is 7.55. The molecule has 3 saturated heterocycles. The van der Waals surface area contributed by atoms with Gasteiger partial charge in [0.15, 0.2) is 0 Å². The number of ether oxygens (including phenoxy) is 1. The van der Waals surface area contributed by atoms with E-state index in [-0.39, 0.29) is 17.7 Å². The summed E-state index contributed by atoms with van der Waals surface area (Å²) in [5, 5.41) is 3.06. The van der Waals surface area contributed by atoms with Gasteiger partial charge in [-0.3, -0.25) is 14.2 Å². The number of amides is 1. The highest BCUT2D eigenvalue weighted by molar-refractivity contribution is 5.94. The van der Waals surface area contributed by atoms with Crippen LogP contribution in [0, 0.1) is 5.92 Å². The normalized spacial score (nSPS) is 23.6. The zero-order valence-corrected chi connectivity index (χ0v) is 15.5. The summed E-state index contributed by atoms with van der Waals surface area (Å²) in [5.74, 6) is -0.184. The quantitative estimate of drug-likeness (QED) is 0.846. The maximum absolute atomic E-state index is 12.7. The summed E-state index contributed by atoms with van der Waals surface area (Å²) in [4.78, 5) is 27.3. The molecule has 3 fully saturated rings. The molecule has 0 aliphatic carbocycles. The van der Waals surface area contributed by atoms with Crippen molar-refractivity contribution < 1.29 is 22.7 Å². The van der Waals surface area contributed by atoms with Crippen LogP contribution < -0.4 is 15.6 Å². The molecule has 1 unspecified atom stereocenters. The molecule has 1 N–H and O–H groups in total. The lowest BCUT2D eigenvalue weighted by Crippen LogP contribution is -2.57. The molecule has 5 rings (SSSR count). The van der Waals surface area contributed by atoms with Crippen molar-refractivity contribution in [1.29, 1.82) is 0 Å². The number of pyridine rings is 1. The molecule has 1 aromatic heterocycles. The second-order valence-electron chi connectivity index (χ2n) is 7.39. The summed E-state index contributed by atoms with van der Waals surface area (Å²) in [5.41, 5.74) is 0.257. The molecule has 0 saturated carbocycles. The van der Waals surface area contributed by atoms with Crippen molar-refractivity contribution in [2.75, 3.05) is 19.6 Å². The number of aromatic nitrogens is 1. The average Bonchev–Trinajstić information content (AvgIpc) is 2.69. The van der Waals surface area contributed by atoms with Crippen LogP contribution in [0.25, 0.3) is 5.69 Å². The van der Waals surface area contributed by atoms with Gasteiger partial charge in [0.2, 0.25) is 0 Å². The summed E-state index contributed by atoms with van der Waals surface area (Å²) in [6.45, 7) is 2.96. The first-order valence-corrected chi connectivity index (χ1v) is 9.41. The van der Waals surface area contributed by atoms with Crippen LogP contribution in [0.2, 0.25) is 0 Å². The molecule has 9 heteroatoms. The fourth-order valence-corrected chi connectivity index (χ4v) is 4.01.